The van der Waals surface area contributed by atoms with E-state index in [0.717, 1.165) is 6.04 Å². The Morgan fingerprint density at radius 2 is 2.00 bits per heavy atom. The molecule has 1 fully saturated rings. The van der Waals surface area contributed by atoms with Gasteiger partial charge in [-0.3, -0.25) is 0 Å². The fourth-order valence-electron chi connectivity index (χ4n) is 3.65. The van der Waals surface area contributed by atoms with Crippen molar-refractivity contribution in [1.29, 1.82) is 0 Å². The number of halogens is 1. The summed E-state index contributed by atoms with van der Waals surface area (Å²) in [6, 6.07) is 3.47. The molecule has 0 saturated carbocycles. The number of aliphatic hydroxyl groups is 1. The van der Waals surface area contributed by atoms with Gasteiger partial charge in [0.25, 0.3) is 0 Å². The number of hydrogen-bond donors (Lipinski definition) is 2. The van der Waals surface area contributed by atoms with Gasteiger partial charge >= 0.3 is 201 Å². The third-order valence-corrected chi connectivity index (χ3v) is 8.17. The first-order valence-corrected chi connectivity index (χ1v) is 18.8. The molecule has 3 atom stereocenters. The van der Waals surface area contributed by atoms with E-state index in [-0.39, 0.29) is 31.5 Å². The summed E-state index contributed by atoms with van der Waals surface area (Å²) in [5.74, 6) is 0.208. The number of hydrogen-bond acceptors (Lipinski definition) is 6. The Kier molecular flexibility index (Phi) is 8.18. The molecule has 2 aliphatic heterocycles. The second-order valence-corrected chi connectivity index (χ2v) is 21.1. The predicted octanol–water partition coefficient (Wildman–Crippen LogP) is 3.90. The number of thiol groups is 1. The van der Waals surface area contributed by atoms with Crippen LogP contribution in [0.4, 0.5) is 5.69 Å². The summed E-state index contributed by atoms with van der Waals surface area (Å²) in [6.45, 7) is 7.46. The summed E-state index contributed by atoms with van der Waals surface area (Å²) in [5, 5.41) is 10.1. The van der Waals surface area contributed by atoms with E-state index in [1.54, 1.807) is 12.1 Å². The molecule has 2 amide bonds. The van der Waals surface area contributed by atoms with Crippen LogP contribution in [0.2, 0.25) is 25.7 Å². The molecule has 31 heavy (non-hydrogen) atoms. The number of carbonyl (C=O) groups is 2. The first-order valence-electron chi connectivity index (χ1n) is 9.95. The third kappa shape index (κ3) is 5.86. The molecule has 1 saturated heterocycles. The molecular weight excluding hydrogens is 570 g/mol. The van der Waals surface area contributed by atoms with Crippen molar-refractivity contribution >= 4 is 61.9 Å². The first-order chi connectivity index (χ1) is 14.5. The van der Waals surface area contributed by atoms with Gasteiger partial charge in [0.1, 0.15) is 0 Å². The molecule has 3 rings (SSSR count). The number of aliphatic hydroxyl groups excluding tert-OH is 1. The summed E-state index contributed by atoms with van der Waals surface area (Å²) in [7, 11) is 3.46. The van der Waals surface area contributed by atoms with Gasteiger partial charge in [0.05, 0.1) is 0 Å². The van der Waals surface area contributed by atoms with Crippen LogP contribution in [0.25, 0.3) is 0 Å². The van der Waals surface area contributed by atoms with Crippen molar-refractivity contribution < 1.29 is 28.4 Å². The van der Waals surface area contributed by atoms with Crippen LogP contribution in [0.5, 0.6) is 11.5 Å². The molecule has 172 valence electrons. The zero-order chi connectivity index (χ0) is 22.9. The van der Waals surface area contributed by atoms with Gasteiger partial charge in [-0.25, -0.2) is 0 Å². The average molecular weight is 598 g/mol. The number of benzene rings is 1. The number of rotatable bonds is 7. The fourth-order valence-corrected chi connectivity index (χ4v) is 5.61. The van der Waals surface area contributed by atoms with Crippen LogP contribution in [0.1, 0.15) is 16.8 Å². The van der Waals surface area contributed by atoms with Crippen LogP contribution in [-0.4, -0.2) is 69.0 Å². The maximum absolute atomic E-state index is 13.4. The quantitative estimate of drug-likeness (QED) is 0.163. The predicted molar refractivity (Wildman–Crippen MR) is 135 cm³/mol. The number of fused-ring (bicyclic) bond motifs is 2. The second-order valence-electron chi connectivity index (χ2n) is 8.81. The topological polar surface area (TPSA) is 88.5 Å². The van der Waals surface area contributed by atoms with E-state index in [2.05, 4.69) is 48.7 Å². The third-order valence-electron chi connectivity index (χ3n) is 5.28. The average Bonchev–Trinajstić information content (AvgIpc) is 3.04. The van der Waals surface area contributed by atoms with Crippen molar-refractivity contribution in [2.45, 2.75) is 44.3 Å². The van der Waals surface area contributed by atoms with Crippen molar-refractivity contribution in [2.24, 2.45) is 0 Å². The molecule has 0 aliphatic carbocycles. The van der Waals surface area contributed by atoms with E-state index in [0.29, 0.717) is 29.4 Å². The van der Waals surface area contributed by atoms with Gasteiger partial charge in [0.15, 0.2) is 0 Å². The Bertz CT molecular complexity index is 950. The fraction of sp³-hybridized carbons (Fsp3) is 0.579. The Labute approximate surface area is 199 Å². The van der Waals surface area contributed by atoms with Gasteiger partial charge in [-0.15, -0.1) is 0 Å². The van der Waals surface area contributed by atoms with Crippen LogP contribution < -0.4 is 13.8 Å². The zero-order valence-electron chi connectivity index (χ0n) is 18.0. The summed E-state index contributed by atoms with van der Waals surface area (Å²) in [6.07, 6.45) is -0.523. The summed E-state index contributed by atoms with van der Waals surface area (Å²) >= 11 is 2.06. The van der Waals surface area contributed by atoms with E-state index in [1.807, 2.05) is 0 Å². The Morgan fingerprint density at radius 3 is 2.61 bits per heavy atom. The minimum atomic E-state index is -1.29. The van der Waals surface area contributed by atoms with Crippen molar-refractivity contribution in [3.8, 4) is 11.5 Å². The Hall–Kier alpha value is -0.593. The van der Waals surface area contributed by atoms with Gasteiger partial charge in [0, 0.05) is 0 Å². The Balaban J connectivity index is 2.02. The van der Waals surface area contributed by atoms with Gasteiger partial charge in [-0.2, -0.15) is 0 Å². The SMILES string of the molecule is COc1cc2c(cc1O[SH](#P)I)N(COCC[Si](C)(C)C)C(=O)[C@@H]1C[C@@H](O)CN1C2=O. The molecular formula is C19H28IN2O6PSSi. The van der Waals surface area contributed by atoms with Crippen LogP contribution in [0, 0.1) is 0 Å². The number of amides is 2. The molecule has 0 aromatic heterocycles. The zero-order valence-corrected chi connectivity index (χ0v) is 22.9. The molecule has 0 bridgehead atoms. The minimum absolute atomic E-state index is 0.0235. The number of ether oxygens (including phenoxy) is 2. The summed E-state index contributed by atoms with van der Waals surface area (Å²) in [4.78, 5) is 29.7. The van der Waals surface area contributed by atoms with Gasteiger partial charge in [-0.05, 0) is 0 Å². The molecule has 1 aromatic carbocycles. The van der Waals surface area contributed by atoms with Crippen molar-refractivity contribution in [2.75, 3.05) is 31.9 Å². The van der Waals surface area contributed by atoms with Crippen molar-refractivity contribution in [3.63, 3.8) is 0 Å². The van der Waals surface area contributed by atoms with E-state index >= 15 is 0 Å². The van der Waals surface area contributed by atoms with E-state index < -0.39 is 27.5 Å². The molecule has 2 aliphatic rings. The summed E-state index contributed by atoms with van der Waals surface area (Å²) < 4.78 is 17.1. The van der Waals surface area contributed by atoms with Crippen LogP contribution in [0.3, 0.4) is 0 Å². The number of methoxy groups -OCH3 is 1. The van der Waals surface area contributed by atoms with Gasteiger partial charge in [-0.1, -0.05) is 0 Å². The van der Waals surface area contributed by atoms with E-state index in [1.165, 1.54) is 16.9 Å². The molecule has 0 spiro atoms. The molecule has 0 radical (unpaired) electrons. The molecule has 1 aromatic rings. The van der Waals surface area contributed by atoms with Gasteiger partial charge < -0.3 is 0 Å². The van der Waals surface area contributed by atoms with Crippen LogP contribution in [-0.2, 0) is 9.53 Å². The van der Waals surface area contributed by atoms with Gasteiger partial charge in [0.2, 0.25) is 0 Å². The molecule has 1 unspecified atom stereocenters. The number of carbonyl (C=O) groups excluding carboxylic acids is 2. The van der Waals surface area contributed by atoms with E-state index in [4.69, 9.17) is 13.7 Å². The van der Waals surface area contributed by atoms with Crippen LogP contribution >= 0.6 is 36.3 Å². The first kappa shape index (κ1) is 25.0. The monoisotopic (exact) mass is 598 g/mol. The maximum atomic E-state index is 13.4. The van der Waals surface area contributed by atoms with Crippen molar-refractivity contribution in [1.82, 2.24) is 4.90 Å². The van der Waals surface area contributed by atoms with Crippen LogP contribution in [0.15, 0.2) is 12.1 Å². The molecule has 2 heterocycles. The molecule has 8 nitrogen and oxygen atoms in total. The normalized spacial score (nSPS) is 22.1. The van der Waals surface area contributed by atoms with Crippen molar-refractivity contribution in [3.05, 3.63) is 17.7 Å². The summed E-state index contributed by atoms with van der Waals surface area (Å²) in [5.41, 5.74) is 0.740. The van der Waals surface area contributed by atoms with E-state index in [9.17, 15) is 14.7 Å². The Morgan fingerprint density at radius 1 is 1.29 bits per heavy atom. The standard InChI is InChI=1S/C19H28IN2O6PSSi/c1-26-16-8-13-14(9-17(16)28-30(20)29)22(11-27-5-6-31(2,3)4)19(25)15-7-12(23)10-21(15)18(13)24/h8-9,12,15,23,30H,5-7,10-11H2,1-4H3/t12-,15+/m1/s1. The number of nitrogens with zero attached hydrogens (tertiary/aromatic N) is 2. The molecule has 1 N–H and O–H groups in total. The number of anilines is 1. The molecule has 12 heteroatoms. The second kappa shape index (κ2) is 10.1.